The van der Waals surface area contributed by atoms with Crippen LogP contribution in [0.1, 0.15) is 64.0 Å². The Balaban J connectivity index is 1.21. The molecule has 0 spiro atoms. The average Bonchev–Trinajstić information content (AvgIpc) is 3.34. The molecule has 1 saturated heterocycles. The molecule has 3 N–H and O–H groups in total. The monoisotopic (exact) mass is 530 g/mol. The van der Waals surface area contributed by atoms with Crippen molar-refractivity contribution >= 4 is 23.5 Å². The number of likely N-dealkylation sites (tertiary alicyclic amines) is 1. The number of nitrogens with one attached hydrogen (secondary N) is 3. The third kappa shape index (κ3) is 5.87. The maximum Gasteiger partial charge on any atom is 0.315 e. The van der Waals surface area contributed by atoms with Crippen LogP contribution in [0.25, 0.3) is 0 Å². The van der Waals surface area contributed by atoms with E-state index in [4.69, 9.17) is 11.6 Å². The Morgan fingerprint density at radius 2 is 1.63 bits per heavy atom. The van der Waals surface area contributed by atoms with Crippen LogP contribution in [0.3, 0.4) is 0 Å². The third-order valence-corrected chi connectivity index (χ3v) is 8.18. The number of carbonyl (C=O) groups excluding carboxylic acids is 2. The van der Waals surface area contributed by atoms with Gasteiger partial charge in [0, 0.05) is 29.7 Å². The molecule has 7 heteroatoms. The molecule has 198 valence electrons. The number of amides is 3. The number of carbonyl (C=O) groups is 2. The van der Waals surface area contributed by atoms with Crippen molar-refractivity contribution < 1.29 is 9.59 Å². The van der Waals surface area contributed by atoms with Crippen LogP contribution in [0.15, 0.2) is 66.7 Å². The first kappa shape index (κ1) is 26.3. The summed E-state index contributed by atoms with van der Waals surface area (Å²) < 4.78 is 0. The zero-order valence-electron chi connectivity index (χ0n) is 21.8. The van der Waals surface area contributed by atoms with Gasteiger partial charge >= 0.3 is 6.03 Å². The van der Waals surface area contributed by atoms with Gasteiger partial charge in [-0.05, 0) is 78.7 Å². The van der Waals surface area contributed by atoms with E-state index >= 15 is 0 Å². The van der Waals surface area contributed by atoms with Gasteiger partial charge in [-0.1, -0.05) is 73.1 Å². The molecule has 38 heavy (non-hydrogen) atoms. The summed E-state index contributed by atoms with van der Waals surface area (Å²) in [6.45, 7) is 5.15. The van der Waals surface area contributed by atoms with E-state index < -0.39 is 0 Å². The minimum atomic E-state index is -0.267. The van der Waals surface area contributed by atoms with Crippen molar-refractivity contribution in [3.8, 4) is 0 Å². The van der Waals surface area contributed by atoms with Gasteiger partial charge in [0.1, 0.15) is 0 Å². The van der Waals surface area contributed by atoms with Crippen molar-refractivity contribution in [3.05, 3.63) is 105 Å². The van der Waals surface area contributed by atoms with Gasteiger partial charge in [-0.3, -0.25) is 9.69 Å². The molecule has 1 fully saturated rings. The molecule has 0 aromatic heterocycles. The highest BCUT2D eigenvalue weighted by atomic mass is 35.5. The van der Waals surface area contributed by atoms with Crippen LogP contribution in [0.2, 0.25) is 5.02 Å². The van der Waals surface area contributed by atoms with E-state index in [-0.39, 0.29) is 24.5 Å². The van der Waals surface area contributed by atoms with Crippen LogP contribution in [0.4, 0.5) is 4.79 Å². The molecule has 1 aliphatic carbocycles. The Morgan fingerprint density at radius 1 is 0.947 bits per heavy atom. The van der Waals surface area contributed by atoms with Crippen LogP contribution in [-0.4, -0.2) is 42.5 Å². The van der Waals surface area contributed by atoms with Crippen LogP contribution < -0.4 is 16.0 Å². The zero-order valence-corrected chi connectivity index (χ0v) is 22.6. The van der Waals surface area contributed by atoms with Crippen LogP contribution >= 0.6 is 11.6 Å². The lowest BCUT2D eigenvalue weighted by Crippen LogP contribution is -2.40. The lowest BCUT2D eigenvalue weighted by molar-refractivity contribution is 0.0941. The molecule has 1 aliphatic heterocycles. The average molecular weight is 531 g/mol. The summed E-state index contributed by atoms with van der Waals surface area (Å²) in [5, 5.41) is 9.64. The normalized spacial score (nSPS) is 17.3. The Bertz CT molecular complexity index is 1260. The van der Waals surface area contributed by atoms with E-state index in [1.807, 2.05) is 30.3 Å². The Labute approximate surface area is 229 Å². The van der Waals surface area contributed by atoms with Crippen LogP contribution in [0.5, 0.6) is 0 Å². The van der Waals surface area contributed by atoms with Gasteiger partial charge in [0.2, 0.25) is 0 Å². The van der Waals surface area contributed by atoms with E-state index in [9.17, 15) is 9.59 Å². The van der Waals surface area contributed by atoms with Crippen molar-refractivity contribution in [1.29, 1.82) is 0 Å². The highest BCUT2D eigenvalue weighted by molar-refractivity contribution is 6.31. The molecular weight excluding hydrogens is 496 g/mol. The summed E-state index contributed by atoms with van der Waals surface area (Å²) in [4.78, 5) is 28.1. The van der Waals surface area contributed by atoms with Crippen LogP contribution in [0, 0.1) is 0 Å². The number of benzene rings is 3. The SMILES string of the molecule is CCN1CCCC1CNC(=O)c1ccc(CNC(=O)NC2c3ccccc3CCc3ccccc32)c(Cl)c1. The van der Waals surface area contributed by atoms with Crippen molar-refractivity contribution in [2.75, 3.05) is 19.6 Å². The van der Waals surface area contributed by atoms with Gasteiger partial charge in [-0.2, -0.15) is 0 Å². The van der Waals surface area contributed by atoms with Gasteiger partial charge in [0.05, 0.1) is 6.04 Å². The minimum absolute atomic E-state index is 0.127. The topological polar surface area (TPSA) is 73.5 Å². The standard InChI is InChI=1S/C31H35ClN4O2/c1-2-36-17-7-10-25(36)20-33-30(37)23-15-16-24(28(32)18-23)19-34-31(38)35-29-26-11-5-3-8-21(26)13-14-22-9-4-6-12-27(22)29/h3-6,8-9,11-12,15-16,18,25,29H,2,7,10,13-14,17,19-20H2,1H3,(H,33,37)(H2,34,35,38). The molecule has 1 heterocycles. The number of halogens is 1. The van der Waals surface area contributed by atoms with Gasteiger partial charge in [-0.25, -0.2) is 4.79 Å². The van der Waals surface area contributed by atoms with E-state index in [1.54, 1.807) is 12.1 Å². The molecule has 0 bridgehead atoms. The molecule has 3 aromatic rings. The predicted molar refractivity (Wildman–Crippen MR) is 152 cm³/mol. The Kier molecular flexibility index (Phi) is 8.30. The van der Waals surface area contributed by atoms with Gasteiger partial charge < -0.3 is 16.0 Å². The molecule has 0 saturated carbocycles. The maximum absolute atomic E-state index is 13.0. The Morgan fingerprint density at radius 3 is 2.29 bits per heavy atom. The summed E-state index contributed by atoms with van der Waals surface area (Å²) in [5.74, 6) is -0.127. The summed E-state index contributed by atoms with van der Waals surface area (Å²) in [6.07, 6.45) is 4.18. The number of fused-ring (bicyclic) bond motifs is 2. The number of urea groups is 1. The maximum atomic E-state index is 13.0. The zero-order chi connectivity index (χ0) is 26.5. The first-order valence-corrected chi connectivity index (χ1v) is 13.9. The van der Waals surface area contributed by atoms with Crippen molar-refractivity contribution in [2.24, 2.45) is 0 Å². The quantitative estimate of drug-likeness (QED) is 0.391. The second-order valence-corrected chi connectivity index (χ2v) is 10.5. The fourth-order valence-corrected chi connectivity index (χ4v) is 5.97. The summed E-state index contributed by atoms with van der Waals surface area (Å²) in [5.41, 5.74) is 6.03. The molecule has 0 radical (unpaired) electrons. The smallest absolute Gasteiger partial charge is 0.315 e. The lowest BCUT2D eigenvalue weighted by atomic mass is 9.95. The van der Waals surface area contributed by atoms with Gasteiger partial charge in [-0.15, -0.1) is 0 Å². The number of hydrogen-bond donors (Lipinski definition) is 3. The molecule has 1 unspecified atom stereocenters. The molecule has 2 aliphatic rings. The van der Waals surface area contributed by atoms with Crippen molar-refractivity contribution in [3.63, 3.8) is 0 Å². The molecule has 6 nitrogen and oxygen atoms in total. The van der Waals surface area contributed by atoms with E-state index in [0.29, 0.717) is 23.2 Å². The molecule has 3 aromatic carbocycles. The van der Waals surface area contributed by atoms with E-state index in [2.05, 4.69) is 52.0 Å². The summed E-state index contributed by atoms with van der Waals surface area (Å²) in [7, 11) is 0. The Hall–Kier alpha value is -3.35. The summed E-state index contributed by atoms with van der Waals surface area (Å²) >= 11 is 6.52. The van der Waals surface area contributed by atoms with E-state index in [1.165, 1.54) is 17.5 Å². The largest absolute Gasteiger partial charge is 0.350 e. The molecule has 3 amide bonds. The first-order chi connectivity index (χ1) is 18.5. The number of likely N-dealkylation sites (N-methyl/N-ethyl adjacent to an activating group) is 1. The number of aryl methyl sites for hydroxylation is 2. The number of rotatable bonds is 7. The number of nitrogens with zero attached hydrogens (tertiary/aromatic N) is 1. The first-order valence-electron chi connectivity index (χ1n) is 13.5. The molecular formula is C31H35ClN4O2. The minimum Gasteiger partial charge on any atom is -0.350 e. The summed E-state index contributed by atoms with van der Waals surface area (Å²) in [6, 6.07) is 21.7. The highest BCUT2D eigenvalue weighted by Crippen LogP contribution is 2.32. The van der Waals surface area contributed by atoms with Crippen molar-refractivity contribution in [2.45, 2.75) is 51.2 Å². The molecule has 1 atom stereocenters. The number of hydrogen-bond acceptors (Lipinski definition) is 3. The second kappa shape index (κ2) is 12.0. The van der Waals surface area contributed by atoms with Crippen LogP contribution in [-0.2, 0) is 19.4 Å². The van der Waals surface area contributed by atoms with Gasteiger partial charge in [0.25, 0.3) is 5.91 Å². The van der Waals surface area contributed by atoms with E-state index in [0.717, 1.165) is 49.0 Å². The van der Waals surface area contributed by atoms with Gasteiger partial charge in [0.15, 0.2) is 0 Å². The fraction of sp³-hybridized carbons (Fsp3) is 0.355. The fourth-order valence-electron chi connectivity index (χ4n) is 5.72. The highest BCUT2D eigenvalue weighted by Gasteiger charge is 2.25. The molecule has 5 rings (SSSR count). The lowest BCUT2D eigenvalue weighted by Gasteiger charge is -2.23. The second-order valence-electron chi connectivity index (χ2n) is 10.1. The van der Waals surface area contributed by atoms with Crippen molar-refractivity contribution in [1.82, 2.24) is 20.9 Å². The third-order valence-electron chi connectivity index (χ3n) is 7.83. The predicted octanol–water partition coefficient (Wildman–Crippen LogP) is 5.24.